The second-order valence-electron chi connectivity index (χ2n) is 6.17. The van der Waals surface area contributed by atoms with Gasteiger partial charge in [-0.15, -0.1) is 0 Å². The van der Waals surface area contributed by atoms with Crippen LogP contribution in [-0.2, 0) is 18.1 Å². The molecule has 0 aromatic carbocycles. The maximum absolute atomic E-state index is 6.24. The molecule has 0 saturated carbocycles. The standard InChI is InChI=1S/C17H39NO4P2Se2/c1-6-10-14-19-23(25,20-15-11-7-2)18(5)24(26,21-16-12-8-3)22-17-13-9-4/h6-17H2,1-5H3. The van der Waals surface area contributed by atoms with Crippen molar-refractivity contribution in [1.29, 1.82) is 0 Å². The molecule has 0 N–H and O–H groups in total. The first-order chi connectivity index (χ1) is 12.4. The summed E-state index contributed by atoms with van der Waals surface area (Å²) < 4.78 is 27.1. The molecule has 0 unspecified atom stereocenters. The first kappa shape index (κ1) is 27.7. The van der Waals surface area contributed by atoms with Crippen molar-refractivity contribution >= 4 is 42.4 Å². The Morgan fingerprint density at radius 1 is 0.577 bits per heavy atom. The molecule has 5 nitrogen and oxygen atoms in total. The molecule has 0 aliphatic heterocycles. The fraction of sp³-hybridized carbons (Fsp3) is 1.00. The Bertz CT molecular complexity index is 375. The van der Waals surface area contributed by atoms with E-state index in [9.17, 15) is 0 Å². The van der Waals surface area contributed by atoms with Crippen molar-refractivity contribution in [3.8, 4) is 0 Å². The van der Waals surface area contributed by atoms with Crippen LogP contribution in [0.2, 0.25) is 0 Å². The zero-order chi connectivity index (χ0) is 19.9. The summed E-state index contributed by atoms with van der Waals surface area (Å²) in [7, 11) is 2.00. The molecule has 0 aliphatic carbocycles. The molecule has 0 radical (unpaired) electrons. The average molecular weight is 541 g/mol. The Morgan fingerprint density at radius 2 is 0.808 bits per heavy atom. The van der Waals surface area contributed by atoms with E-state index in [0.717, 1.165) is 51.4 Å². The van der Waals surface area contributed by atoms with Crippen LogP contribution in [-0.4, -0.2) is 68.1 Å². The van der Waals surface area contributed by atoms with E-state index in [0.29, 0.717) is 26.4 Å². The Morgan fingerprint density at radius 3 is 1.00 bits per heavy atom. The van der Waals surface area contributed by atoms with Crippen LogP contribution in [0.4, 0.5) is 0 Å². The molecule has 26 heavy (non-hydrogen) atoms. The van der Waals surface area contributed by atoms with E-state index in [-0.39, 0.29) is 0 Å². The van der Waals surface area contributed by atoms with Gasteiger partial charge in [0, 0.05) is 0 Å². The van der Waals surface area contributed by atoms with Gasteiger partial charge in [-0.05, 0) is 0 Å². The van der Waals surface area contributed by atoms with Gasteiger partial charge in [0.15, 0.2) is 0 Å². The fourth-order valence-electron chi connectivity index (χ4n) is 1.84. The van der Waals surface area contributed by atoms with Crippen molar-refractivity contribution in [2.45, 2.75) is 79.1 Å². The zero-order valence-corrected chi connectivity index (χ0v) is 22.5. The van der Waals surface area contributed by atoms with E-state index >= 15 is 0 Å². The molecule has 0 aromatic heterocycles. The van der Waals surface area contributed by atoms with Gasteiger partial charge >= 0.3 is 177 Å². The third-order valence-corrected chi connectivity index (χ3v) is 16.0. The number of hydrogen-bond donors (Lipinski definition) is 0. The normalized spacial score (nSPS) is 12.8. The molecule has 0 atom stereocenters. The van der Waals surface area contributed by atoms with Crippen molar-refractivity contribution in [2.75, 3.05) is 33.5 Å². The number of rotatable bonds is 18. The fourth-order valence-corrected chi connectivity index (χ4v) is 13.4. The van der Waals surface area contributed by atoms with E-state index in [1.54, 1.807) is 0 Å². The summed E-state index contributed by atoms with van der Waals surface area (Å²) in [6.45, 7) is 11.4. The monoisotopic (exact) mass is 543 g/mol. The van der Waals surface area contributed by atoms with Crippen LogP contribution in [0.25, 0.3) is 0 Å². The summed E-state index contributed by atoms with van der Waals surface area (Å²) >= 11 is 6.47. The van der Waals surface area contributed by atoms with Gasteiger partial charge in [-0.2, -0.15) is 0 Å². The first-order valence-electron chi connectivity index (χ1n) is 9.93. The molecule has 158 valence electrons. The molecule has 0 amide bonds. The first-order valence-corrected chi connectivity index (χ1v) is 17.5. The van der Waals surface area contributed by atoms with Gasteiger partial charge in [-0.1, -0.05) is 0 Å². The molecule has 0 fully saturated rings. The van der Waals surface area contributed by atoms with Crippen molar-refractivity contribution in [1.82, 2.24) is 4.44 Å². The minimum absolute atomic E-state index is 0.678. The molecule has 0 saturated heterocycles. The van der Waals surface area contributed by atoms with Gasteiger partial charge < -0.3 is 0 Å². The molecular formula is C17H39NO4P2Se2. The van der Waals surface area contributed by atoms with Gasteiger partial charge in [0.05, 0.1) is 0 Å². The van der Waals surface area contributed by atoms with Crippen LogP contribution in [0.3, 0.4) is 0 Å². The summed E-state index contributed by atoms with van der Waals surface area (Å²) in [5, 5.41) is 0. The van der Waals surface area contributed by atoms with Gasteiger partial charge in [0.25, 0.3) is 0 Å². The van der Waals surface area contributed by atoms with Gasteiger partial charge in [0.1, 0.15) is 0 Å². The average Bonchev–Trinajstić information content (AvgIpc) is 2.62. The van der Waals surface area contributed by atoms with Crippen LogP contribution < -0.4 is 0 Å². The molecular weight excluding hydrogens is 502 g/mol. The molecule has 0 rings (SSSR count). The zero-order valence-electron chi connectivity index (χ0n) is 17.3. The van der Waals surface area contributed by atoms with E-state index in [1.807, 2.05) is 7.05 Å². The predicted octanol–water partition coefficient (Wildman–Crippen LogP) is 5.88. The van der Waals surface area contributed by atoms with Crippen LogP contribution in [0.1, 0.15) is 79.1 Å². The molecule has 0 bridgehead atoms. The van der Waals surface area contributed by atoms with Gasteiger partial charge in [0.2, 0.25) is 0 Å². The Kier molecular flexibility index (Phi) is 17.6. The minimum atomic E-state index is -2.36. The van der Waals surface area contributed by atoms with Gasteiger partial charge in [-0.3, -0.25) is 0 Å². The van der Waals surface area contributed by atoms with Crippen LogP contribution >= 0.6 is 12.2 Å². The topological polar surface area (TPSA) is 40.2 Å². The SMILES string of the molecule is CCCCOP(=[Se])(OCCCC)N(C)P(=[Se])(OCCCC)OCCCC. The molecule has 0 spiro atoms. The van der Waals surface area contributed by atoms with Crippen LogP contribution in [0.15, 0.2) is 0 Å². The van der Waals surface area contributed by atoms with Crippen molar-refractivity contribution < 1.29 is 18.1 Å². The summed E-state index contributed by atoms with van der Waals surface area (Å²) in [6, 6.07) is 0. The van der Waals surface area contributed by atoms with E-state index in [4.69, 9.17) is 18.1 Å². The third-order valence-electron chi connectivity index (χ3n) is 3.72. The molecule has 0 aromatic rings. The van der Waals surface area contributed by atoms with E-state index in [2.05, 4.69) is 62.3 Å². The number of nitrogens with zero attached hydrogens (tertiary/aromatic N) is 1. The summed E-state index contributed by atoms with van der Waals surface area (Å²) in [4.78, 5) is 0. The Balaban J connectivity index is 5.28. The van der Waals surface area contributed by atoms with Crippen LogP contribution in [0.5, 0.6) is 0 Å². The maximum atomic E-state index is 6.24. The Hall–Kier alpha value is 1.70. The van der Waals surface area contributed by atoms with Crippen molar-refractivity contribution in [3.63, 3.8) is 0 Å². The number of hydrogen-bond acceptors (Lipinski definition) is 5. The second-order valence-corrected chi connectivity index (χ2v) is 16.4. The summed E-state index contributed by atoms with van der Waals surface area (Å²) in [5.41, 5.74) is 0. The summed E-state index contributed by atoms with van der Waals surface area (Å²) in [5.74, 6) is 0. The van der Waals surface area contributed by atoms with Crippen molar-refractivity contribution in [3.05, 3.63) is 0 Å². The van der Waals surface area contributed by atoms with Gasteiger partial charge in [-0.25, -0.2) is 0 Å². The van der Waals surface area contributed by atoms with Crippen LogP contribution in [0, 0.1) is 0 Å². The second kappa shape index (κ2) is 16.5. The third kappa shape index (κ3) is 11.0. The summed E-state index contributed by atoms with van der Waals surface area (Å²) in [6.07, 6.45) is 3.71. The molecule has 0 heterocycles. The molecule has 0 aliphatic rings. The quantitative estimate of drug-likeness (QED) is 0.123. The van der Waals surface area contributed by atoms with Crippen molar-refractivity contribution in [2.24, 2.45) is 0 Å². The predicted molar refractivity (Wildman–Crippen MR) is 117 cm³/mol. The molecule has 9 heteroatoms. The number of unbranched alkanes of at least 4 members (excludes halogenated alkanes) is 4. The Labute approximate surface area is 177 Å². The van der Waals surface area contributed by atoms with E-state index < -0.39 is 12.2 Å². The van der Waals surface area contributed by atoms with E-state index in [1.165, 1.54) is 0 Å².